The molecule has 2 unspecified atom stereocenters. The van der Waals surface area contributed by atoms with Gasteiger partial charge in [-0.1, -0.05) is 18.2 Å². The van der Waals surface area contributed by atoms with E-state index in [0.717, 1.165) is 5.56 Å². The molecule has 6 nitrogen and oxygen atoms in total. The number of pyridine rings is 1. The number of halogens is 1. The molecule has 0 radical (unpaired) electrons. The monoisotopic (exact) mass is 386 g/mol. The largest absolute Gasteiger partial charge is 0.336 e. The number of carbonyl (C=O) groups excluding carboxylic acids is 2. The van der Waals surface area contributed by atoms with Crippen molar-refractivity contribution >= 4 is 28.4 Å². The van der Waals surface area contributed by atoms with E-state index in [2.05, 4.69) is 16.4 Å². The molecule has 0 aliphatic carbocycles. The molecule has 2 amide bonds. The average Bonchev–Trinajstić information content (AvgIpc) is 3.26. The van der Waals surface area contributed by atoms with E-state index in [1.165, 1.54) is 23.2 Å². The summed E-state index contributed by atoms with van der Waals surface area (Å²) in [5, 5.41) is 13.1. The molecule has 2 aromatic carbocycles. The first-order valence-corrected chi connectivity index (χ1v) is 9.18. The van der Waals surface area contributed by atoms with Gasteiger partial charge in [0.15, 0.2) is 0 Å². The van der Waals surface area contributed by atoms with Gasteiger partial charge in [-0.15, -0.1) is 0 Å². The minimum atomic E-state index is -1.09. The molecule has 1 fully saturated rings. The molecule has 2 aliphatic heterocycles. The molecule has 3 heterocycles. The second kappa shape index (κ2) is 6.11. The van der Waals surface area contributed by atoms with Crippen LogP contribution in [0.2, 0.25) is 0 Å². The maximum Gasteiger partial charge on any atom is 0.255 e. The maximum absolute atomic E-state index is 13.5. The Balaban J connectivity index is 1.53. The SMILES string of the molecule is N#CC1CN(C(=O)c2cnc3ccc(F)cc3c2)CC12C(=O)Nc1ccccc12. The fourth-order valence-corrected chi connectivity index (χ4v) is 4.40. The van der Waals surface area contributed by atoms with Crippen molar-refractivity contribution < 1.29 is 14.0 Å². The lowest BCUT2D eigenvalue weighted by atomic mass is 9.74. The molecular formula is C22H15FN4O2. The van der Waals surface area contributed by atoms with E-state index in [1.807, 2.05) is 18.2 Å². The van der Waals surface area contributed by atoms with Crippen LogP contribution >= 0.6 is 0 Å². The third kappa shape index (κ3) is 2.42. The van der Waals surface area contributed by atoms with Gasteiger partial charge in [-0.3, -0.25) is 14.6 Å². The van der Waals surface area contributed by atoms with Crippen molar-refractivity contribution in [2.75, 3.05) is 18.4 Å². The summed E-state index contributed by atoms with van der Waals surface area (Å²) in [6.45, 7) is 0.242. The number of likely N-dealkylation sites (tertiary alicyclic amines) is 1. The lowest BCUT2D eigenvalue weighted by Gasteiger charge is -2.24. The number of rotatable bonds is 1. The molecule has 0 bridgehead atoms. The third-order valence-electron chi connectivity index (χ3n) is 5.83. The van der Waals surface area contributed by atoms with Crippen LogP contribution in [-0.4, -0.2) is 34.8 Å². The lowest BCUT2D eigenvalue weighted by Crippen LogP contribution is -2.42. The Morgan fingerprint density at radius 1 is 1.28 bits per heavy atom. The van der Waals surface area contributed by atoms with Gasteiger partial charge in [0.05, 0.1) is 23.1 Å². The van der Waals surface area contributed by atoms with Crippen LogP contribution < -0.4 is 5.32 Å². The van der Waals surface area contributed by atoms with Crippen LogP contribution in [0.15, 0.2) is 54.7 Å². The summed E-state index contributed by atoms with van der Waals surface area (Å²) in [7, 11) is 0. The van der Waals surface area contributed by atoms with Crippen molar-refractivity contribution in [2.24, 2.45) is 5.92 Å². The lowest BCUT2D eigenvalue weighted by molar-refractivity contribution is -0.121. The number of aromatic nitrogens is 1. The van der Waals surface area contributed by atoms with Gasteiger partial charge in [0, 0.05) is 30.4 Å². The zero-order valence-electron chi connectivity index (χ0n) is 15.2. The Labute approximate surface area is 165 Å². The Bertz CT molecular complexity index is 1230. The Kier molecular flexibility index (Phi) is 3.65. The highest BCUT2D eigenvalue weighted by molar-refractivity contribution is 6.08. The molecule has 5 rings (SSSR count). The van der Waals surface area contributed by atoms with E-state index in [4.69, 9.17) is 0 Å². The summed E-state index contributed by atoms with van der Waals surface area (Å²) in [6, 6.07) is 15.3. The van der Waals surface area contributed by atoms with Gasteiger partial charge >= 0.3 is 0 Å². The second-order valence-electron chi connectivity index (χ2n) is 7.40. The van der Waals surface area contributed by atoms with Crippen molar-refractivity contribution in [1.82, 2.24) is 9.88 Å². The van der Waals surface area contributed by atoms with Crippen LogP contribution in [-0.2, 0) is 10.2 Å². The van der Waals surface area contributed by atoms with Gasteiger partial charge in [-0.05, 0) is 35.9 Å². The van der Waals surface area contributed by atoms with E-state index < -0.39 is 17.2 Å². The van der Waals surface area contributed by atoms with E-state index in [9.17, 15) is 19.2 Å². The average molecular weight is 386 g/mol. The Morgan fingerprint density at radius 2 is 2.10 bits per heavy atom. The third-order valence-corrected chi connectivity index (χ3v) is 5.83. The van der Waals surface area contributed by atoms with Crippen LogP contribution in [0.5, 0.6) is 0 Å². The number of hydrogen-bond donors (Lipinski definition) is 1. The predicted octanol–water partition coefficient (Wildman–Crippen LogP) is 2.86. The number of amides is 2. The van der Waals surface area contributed by atoms with E-state index in [1.54, 1.807) is 18.2 Å². The van der Waals surface area contributed by atoms with Gasteiger partial charge in [0.2, 0.25) is 5.91 Å². The maximum atomic E-state index is 13.5. The number of nitriles is 1. The fourth-order valence-electron chi connectivity index (χ4n) is 4.40. The zero-order valence-corrected chi connectivity index (χ0v) is 15.2. The first kappa shape index (κ1) is 17.3. The first-order chi connectivity index (χ1) is 14.0. The molecule has 1 N–H and O–H groups in total. The van der Waals surface area contributed by atoms with Crippen LogP contribution in [0.1, 0.15) is 15.9 Å². The summed E-state index contributed by atoms with van der Waals surface area (Å²) in [6.07, 6.45) is 1.44. The molecule has 0 saturated carbocycles. The van der Waals surface area contributed by atoms with Crippen molar-refractivity contribution in [1.29, 1.82) is 5.26 Å². The molecule has 7 heteroatoms. The highest BCUT2D eigenvalue weighted by Crippen LogP contribution is 2.47. The van der Waals surface area contributed by atoms with E-state index in [-0.39, 0.29) is 24.9 Å². The van der Waals surface area contributed by atoms with Crippen molar-refractivity contribution in [3.8, 4) is 6.07 Å². The van der Waals surface area contributed by atoms with Crippen molar-refractivity contribution in [3.63, 3.8) is 0 Å². The topological polar surface area (TPSA) is 86.1 Å². The van der Waals surface area contributed by atoms with Crippen LogP contribution in [0.3, 0.4) is 0 Å². The second-order valence-corrected chi connectivity index (χ2v) is 7.40. The highest BCUT2D eigenvalue weighted by atomic mass is 19.1. The summed E-state index contributed by atoms with van der Waals surface area (Å²) >= 11 is 0. The zero-order chi connectivity index (χ0) is 20.2. The van der Waals surface area contributed by atoms with Crippen molar-refractivity contribution in [3.05, 3.63) is 71.7 Å². The molecule has 2 atom stereocenters. The summed E-state index contributed by atoms with van der Waals surface area (Å²) in [5.41, 5.74) is 1.21. The number of anilines is 1. The first-order valence-electron chi connectivity index (χ1n) is 9.18. The van der Waals surface area contributed by atoms with Crippen LogP contribution in [0.4, 0.5) is 10.1 Å². The van der Waals surface area contributed by atoms with Gasteiger partial charge in [-0.25, -0.2) is 4.39 Å². The number of benzene rings is 2. The number of para-hydroxylation sites is 1. The number of fused-ring (bicyclic) bond motifs is 3. The highest BCUT2D eigenvalue weighted by Gasteiger charge is 2.58. The molecule has 29 heavy (non-hydrogen) atoms. The number of hydrogen-bond acceptors (Lipinski definition) is 4. The Morgan fingerprint density at radius 3 is 2.93 bits per heavy atom. The molecule has 142 valence electrons. The number of nitrogens with one attached hydrogen (secondary N) is 1. The smallest absolute Gasteiger partial charge is 0.255 e. The van der Waals surface area contributed by atoms with Gasteiger partial charge < -0.3 is 10.2 Å². The van der Waals surface area contributed by atoms with Crippen LogP contribution in [0.25, 0.3) is 10.9 Å². The molecule has 1 aromatic heterocycles. The fraction of sp³-hybridized carbons (Fsp3) is 0.182. The quantitative estimate of drug-likeness (QED) is 0.697. The van der Waals surface area contributed by atoms with Crippen molar-refractivity contribution in [2.45, 2.75) is 5.41 Å². The van der Waals surface area contributed by atoms with E-state index >= 15 is 0 Å². The Hall–Kier alpha value is -3.79. The van der Waals surface area contributed by atoms with Crippen LogP contribution in [0, 0.1) is 23.1 Å². The predicted molar refractivity (Wildman–Crippen MR) is 103 cm³/mol. The van der Waals surface area contributed by atoms with Gasteiger partial charge in [0.1, 0.15) is 11.2 Å². The van der Waals surface area contributed by atoms with E-state index in [0.29, 0.717) is 22.2 Å². The molecule has 1 spiro atoms. The standard InChI is InChI=1S/C22H15FN4O2/c23-16-5-6-18-13(8-16)7-14(10-25-18)20(28)27-11-15(9-24)22(12-27)17-3-1-2-4-19(17)26-21(22)29/h1-8,10,15H,11-12H2,(H,26,29). The normalized spacial score (nSPS) is 22.6. The summed E-state index contributed by atoms with van der Waals surface area (Å²) < 4.78 is 13.5. The summed E-state index contributed by atoms with van der Waals surface area (Å²) in [5.74, 6) is -1.68. The van der Waals surface area contributed by atoms with Gasteiger partial charge in [-0.2, -0.15) is 5.26 Å². The number of carbonyl (C=O) groups is 2. The minimum absolute atomic E-state index is 0.105. The van der Waals surface area contributed by atoms with Gasteiger partial charge in [0.25, 0.3) is 5.91 Å². The molecular weight excluding hydrogens is 371 g/mol. The molecule has 2 aliphatic rings. The summed E-state index contributed by atoms with van der Waals surface area (Å²) in [4.78, 5) is 31.8. The minimum Gasteiger partial charge on any atom is -0.336 e. The molecule has 3 aromatic rings. The molecule has 1 saturated heterocycles. The number of nitrogens with zero attached hydrogens (tertiary/aromatic N) is 3.